The molecule has 1 aromatic carbocycles. The summed E-state index contributed by atoms with van der Waals surface area (Å²) in [6, 6.07) is 8.38. The Hall–Kier alpha value is -1.39. The Balaban J connectivity index is 1.71. The van der Waals surface area contributed by atoms with Gasteiger partial charge in [-0.2, -0.15) is 0 Å². The van der Waals surface area contributed by atoms with E-state index in [1.54, 1.807) is 7.11 Å². The lowest BCUT2D eigenvalue weighted by Crippen LogP contribution is -2.52. The number of carbonyl (C=O) groups excluding carboxylic acids is 1. The van der Waals surface area contributed by atoms with Crippen molar-refractivity contribution >= 4 is 5.91 Å². The molecule has 0 bridgehead atoms. The van der Waals surface area contributed by atoms with Crippen LogP contribution in [0.5, 0.6) is 0 Å². The standard InChI is InChI=1S/C17H23NO3/c1-12-3-5-13(6-4-12)17(8-9-17)16(19)18-14-7-10-21-11-15(14)20-2/h3-6,14-15H,7-11H2,1-2H3,(H,18,19)/t14-,15-/m1/s1. The average molecular weight is 289 g/mol. The smallest absolute Gasteiger partial charge is 0.230 e. The van der Waals surface area contributed by atoms with E-state index in [1.165, 1.54) is 5.56 Å². The predicted octanol–water partition coefficient (Wildman–Crippen LogP) is 1.95. The molecule has 21 heavy (non-hydrogen) atoms. The molecule has 4 nitrogen and oxygen atoms in total. The van der Waals surface area contributed by atoms with Crippen LogP contribution in [0.1, 0.15) is 30.4 Å². The number of aryl methyl sites for hydroxylation is 1. The van der Waals surface area contributed by atoms with E-state index < -0.39 is 0 Å². The third kappa shape index (κ3) is 2.83. The predicted molar refractivity (Wildman–Crippen MR) is 80.3 cm³/mol. The normalized spacial score (nSPS) is 27.1. The van der Waals surface area contributed by atoms with Crippen molar-refractivity contribution in [1.82, 2.24) is 5.32 Å². The maximum Gasteiger partial charge on any atom is 0.230 e. The molecule has 0 unspecified atom stereocenters. The first-order chi connectivity index (χ1) is 10.2. The topological polar surface area (TPSA) is 47.6 Å². The lowest BCUT2D eigenvalue weighted by Gasteiger charge is -2.32. The van der Waals surface area contributed by atoms with Crippen molar-refractivity contribution in [2.24, 2.45) is 0 Å². The van der Waals surface area contributed by atoms with Crippen molar-refractivity contribution in [2.45, 2.75) is 43.7 Å². The van der Waals surface area contributed by atoms with Crippen LogP contribution in [0.2, 0.25) is 0 Å². The molecule has 1 aliphatic heterocycles. The van der Waals surface area contributed by atoms with Crippen LogP contribution >= 0.6 is 0 Å². The van der Waals surface area contributed by atoms with Gasteiger partial charge in [0.05, 0.1) is 18.1 Å². The van der Waals surface area contributed by atoms with E-state index in [0.717, 1.165) is 24.8 Å². The third-order valence-corrected chi connectivity index (χ3v) is 4.71. The zero-order valence-corrected chi connectivity index (χ0v) is 12.7. The van der Waals surface area contributed by atoms with Crippen molar-refractivity contribution in [3.05, 3.63) is 35.4 Å². The molecule has 1 aromatic rings. The van der Waals surface area contributed by atoms with Crippen LogP contribution in [-0.2, 0) is 19.7 Å². The minimum Gasteiger partial charge on any atom is -0.379 e. The Bertz CT molecular complexity index is 507. The second-order valence-electron chi connectivity index (χ2n) is 6.17. The van der Waals surface area contributed by atoms with Gasteiger partial charge in [0, 0.05) is 13.7 Å². The average Bonchev–Trinajstić information content (AvgIpc) is 3.30. The molecular weight excluding hydrogens is 266 g/mol. The van der Waals surface area contributed by atoms with Gasteiger partial charge in [-0.15, -0.1) is 0 Å². The van der Waals surface area contributed by atoms with Crippen LogP contribution in [0.4, 0.5) is 0 Å². The van der Waals surface area contributed by atoms with Crippen molar-refractivity contribution < 1.29 is 14.3 Å². The van der Waals surface area contributed by atoms with E-state index in [9.17, 15) is 4.79 Å². The van der Waals surface area contributed by atoms with Crippen molar-refractivity contribution in [3.63, 3.8) is 0 Å². The molecular formula is C17H23NO3. The van der Waals surface area contributed by atoms with E-state index in [1.807, 2.05) is 0 Å². The lowest BCUT2D eigenvalue weighted by molar-refractivity contribution is -0.127. The SMILES string of the molecule is CO[C@@H]1COCC[C@H]1NC(=O)C1(c2ccc(C)cc2)CC1. The van der Waals surface area contributed by atoms with Crippen LogP contribution in [0.3, 0.4) is 0 Å². The molecule has 4 heteroatoms. The van der Waals surface area contributed by atoms with Crippen molar-refractivity contribution in [2.75, 3.05) is 20.3 Å². The molecule has 1 aliphatic carbocycles. The highest BCUT2D eigenvalue weighted by molar-refractivity contribution is 5.91. The molecule has 1 saturated heterocycles. The van der Waals surface area contributed by atoms with Crippen LogP contribution in [-0.4, -0.2) is 38.4 Å². The monoisotopic (exact) mass is 289 g/mol. The van der Waals surface area contributed by atoms with E-state index in [2.05, 4.69) is 36.5 Å². The first-order valence-corrected chi connectivity index (χ1v) is 7.64. The highest BCUT2D eigenvalue weighted by Gasteiger charge is 2.51. The fourth-order valence-corrected chi connectivity index (χ4v) is 3.06. The highest BCUT2D eigenvalue weighted by Crippen LogP contribution is 2.48. The zero-order valence-electron chi connectivity index (χ0n) is 12.7. The maximum atomic E-state index is 12.7. The van der Waals surface area contributed by atoms with E-state index >= 15 is 0 Å². The van der Waals surface area contributed by atoms with Crippen molar-refractivity contribution in [3.8, 4) is 0 Å². The number of amides is 1. The molecule has 114 valence electrons. The third-order valence-electron chi connectivity index (χ3n) is 4.71. The van der Waals surface area contributed by atoms with Gasteiger partial charge in [0.15, 0.2) is 0 Å². The molecule has 0 radical (unpaired) electrons. The second-order valence-corrected chi connectivity index (χ2v) is 6.17. The van der Waals surface area contributed by atoms with Crippen LogP contribution in [0, 0.1) is 6.92 Å². The number of hydrogen-bond donors (Lipinski definition) is 1. The minimum absolute atomic E-state index is 0.0449. The number of hydrogen-bond acceptors (Lipinski definition) is 3. The molecule has 0 spiro atoms. The Kier molecular flexibility index (Phi) is 4.00. The van der Waals surface area contributed by atoms with Gasteiger partial charge in [-0.05, 0) is 31.7 Å². The van der Waals surface area contributed by atoms with Gasteiger partial charge in [0.25, 0.3) is 0 Å². The molecule has 2 atom stereocenters. The Morgan fingerprint density at radius 2 is 2.05 bits per heavy atom. The molecule has 3 rings (SSSR count). The van der Waals surface area contributed by atoms with Crippen LogP contribution in [0.25, 0.3) is 0 Å². The van der Waals surface area contributed by atoms with E-state index in [-0.39, 0.29) is 23.5 Å². The summed E-state index contributed by atoms with van der Waals surface area (Å²) in [5.41, 5.74) is 2.04. The lowest BCUT2D eigenvalue weighted by atomic mass is 9.93. The van der Waals surface area contributed by atoms with Gasteiger partial charge in [-0.3, -0.25) is 4.79 Å². The Morgan fingerprint density at radius 3 is 2.67 bits per heavy atom. The molecule has 1 heterocycles. The number of benzene rings is 1. The number of ether oxygens (including phenoxy) is 2. The first-order valence-electron chi connectivity index (χ1n) is 7.64. The fourth-order valence-electron chi connectivity index (χ4n) is 3.06. The molecule has 2 fully saturated rings. The molecule has 1 saturated carbocycles. The largest absolute Gasteiger partial charge is 0.379 e. The summed E-state index contributed by atoms with van der Waals surface area (Å²) in [6.45, 7) is 3.30. The molecule has 0 aromatic heterocycles. The minimum atomic E-state index is -0.315. The molecule has 2 aliphatic rings. The Labute approximate surface area is 125 Å². The second kappa shape index (κ2) is 5.78. The summed E-state index contributed by atoms with van der Waals surface area (Å²) >= 11 is 0. The van der Waals surface area contributed by atoms with Gasteiger partial charge in [-0.25, -0.2) is 0 Å². The van der Waals surface area contributed by atoms with Crippen LogP contribution < -0.4 is 5.32 Å². The summed E-state index contributed by atoms with van der Waals surface area (Å²) in [7, 11) is 1.67. The fraction of sp³-hybridized carbons (Fsp3) is 0.588. The quantitative estimate of drug-likeness (QED) is 0.921. The number of carbonyl (C=O) groups is 1. The number of rotatable bonds is 4. The van der Waals surface area contributed by atoms with Gasteiger partial charge in [-0.1, -0.05) is 29.8 Å². The van der Waals surface area contributed by atoms with Gasteiger partial charge in [0.2, 0.25) is 5.91 Å². The van der Waals surface area contributed by atoms with Gasteiger partial charge in [0.1, 0.15) is 6.10 Å². The van der Waals surface area contributed by atoms with Crippen LogP contribution in [0.15, 0.2) is 24.3 Å². The summed E-state index contributed by atoms with van der Waals surface area (Å²) in [5.74, 6) is 0.139. The highest BCUT2D eigenvalue weighted by atomic mass is 16.5. The number of methoxy groups -OCH3 is 1. The Morgan fingerprint density at radius 1 is 1.33 bits per heavy atom. The summed E-state index contributed by atoms with van der Waals surface area (Å²) in [5, 5.41) is 3.19. The van der Waals surface area contributed by atoms with Gasteiger partial charge >= 0.3 is 0 Å². The first kappa shape index (κ1) is 14.5. The number of nitrogens with one attached hydrogen (secondary N) is 1. The molecule has 1 amide bonds. The summed E-state index contributed by atoms with van der Waals surface area (Å²) < 4.78 is 10.8. The van der Waals surface area contributed by atoms with E-state index in [4.69, 9.17) is 9.47 Å². The van der Waals surface area contributed by atoms with E-state index in [0.29, 0.717) is 13.2 Å². The van der Waals surface area contributed by atoms with Gasteiger partial charge < -0.3 is 14.8 Å². The van der Waals surface area contributed by atoms with Crippen molar-refractivity contribution in [1.29, 1.82) is 0 Å². The zero-order chi connectivity index (χ0) is 14.9. The molecule has 1 N–H and O–H groups in total. The maximum absolute atomic E-state index is 12.7. The summed E-state index contributed by atoms with van der Waals surface area (Å²) in [4.78, 5) is 12.7. The summed E-state index contributed by atoms with van der Waals surface area (Å²) in [6.07, 6.45) is 2.64.